The fourth-order valence-electron chi connectivity index (χ4n) is 1.56. The van der Waals surface area contributed by atoms with Gasteiger partial charge in [-0.15, -0.1) is 11.8 Å². The summed E-state index contributed by atoms with van der Waals surface area (Å²) in [4.78, 5) is 11.3. The maximum Gasteiger partial charge on any atom is 0.233 e. The summed E-state index contributed by atoms with van der Waals surface area (Å²) in [5.74, 6) is 0.976. The summed E-state index contributed by atoms with van der Waals surface area (Å²) in [6.45, 7) is 0. The fraction of sp³-hybridized carbons (Fsp3) is 0.364. The van der Waals surface area contributed by atoms with Crippen LogP contribution in [-0.4, -0.2) is 17.0 Å². The van der Waals surface area contributed by atoms with Crippen molar-refractivity contribution in [1.29, 1.82) is 0 Å². The van der Waals surface area contributed by atoms with E-state index >= 15 is 0 Å². The molecule has 3 heteroatoms. The first-order chi connectivity index (χ1) is 6.86. The van der Waals surface area contributed by atoms with Gasteiger partial charge in [0.25, 0.3) is 0 Å². The zero-order chi connectivity index (χ0) is 9.80. The van der Waals surface area contributed by atoms with Crippen LogP contribution in [0, 0.1) is 0 Å². The number of rotatable bonds is 3. The summed E-state index contributed by atoms with van der Waals surface area (Å²) >= 11 is 1.71. The Balaban J connectivity index is 1.85. The summed E-state index contributed by atoms with van der Waals surface area (Å²) < 4.78 is 0. The number of aryl methyl sites for hydroxylation is 1. The van der Waals surface area contributed by atoms with Crippen LogP contribution in [0.3, 0.4) is 0 Å². The highest BCUT2D eigenvalue weighted by atomic mass is 32.2. The molecule has 1 heterocycles. The Morgan fingerprint density at radius 2 is 2.14 bits per heavy atom. The van der Waals surface area contributed by atoms with Crippen molar-refractivity contribution >= 4 is 17.7 Å². The number of benzene rings is 1. The number of hydrogen-bond acceptors (Lipinski definition) is 2. The quantitative estimate of drug-likeness (QED) is 0.819. The molecule has 1 N–H and O–H groups in total. The molecule has 0 saturated carbocycles. The van der Waals surface area contributed by atoms with Gasteiger partial charge in [0, 0.05) is 0 Å². The summed E-state index contributed by atoms with van der Waals surface area (Å²) in [5, 5.41) is 2.99. The lowest BCUT2D eigenvalue weighted by Gasteiger charge is -2.05. The van der Waals surface area contributed by atoms with E-state index in [4.69, 9.17) is 0 Å². The Morgan fingerprint density at radius 1 is 1.36 bits per heavy atom. The van der Waals surface area contributed by atoms with Crippen LogP contribution >= 0.6 is 11.8 Å². The predicted molar refractivity (Wildman–Crippen MR) is 59.2 cm³/mol. The Bertz CT molecular complexity index is 312. The van der Waals surface area contributed by atoms with Crippen molar-refractivity contribution in [2.24, 2.45) is 0 Å². The minimum Gasteiger partial charge on any atom is -0.346 e. The van der Waals surface area contributed by atoms with Gasteiger partial charge < -0.3 is 5.32 Å². The average Bonchev–Trinajstić information content (AvgIpc) is 2.63. The molecule has 1 aromatic rings. The molecule has 0 spiro atoms. The zero-order valence-corrected chi connectivity index (χ0v) is 8.72. The van der Waals surface area contributed by atoms with Crippen molar-refractivity contribution < 1.29 is 4.79 Å². The molecule has 1 aliphatic rings. The van der Waals surface area contributed by atoms with Crippen LogP contribution in [0.15, 0.2) is 30.3 Å². The smallest absolute Gasteiger partial charge is 0.233 e. The van der Waals surface area contributed by atoms with Crippen LogP contribution in [-0.2, 0) is 11.2 Å². The van der Waals surface area contributed by atoms with Crippen LogP contribution in [0.25, 0.3) is 0 Å². The molecular weight excluding hydrogens is 194 g/mol. The highest BCUT2D eigenvalue weighted by molar-refractivity contribution is 8.01. The second-order valence-electron chi connectivity index (χ2n) is 3.36. The normalized spacial score (nSPS) is 20.9. The molecule has 1 aliphatic heterocycles. The highest BCUT2D eigenvalue weighted by Gasteiger charge is 2.23. The van der Waals surface area contributed by atoms with Crippen molar-refractivity contribution in [3.8, 4) is 0 Å². The highest BCUT2D eigenvalue weighted by Crippen LogP contribution is 2.21. The van der Waals surface area contributed by atoms with Gasteiger partial charge in [0.15, 0.2) is 0 Å². The third-order valence-electron chi connectivity index (χ3n) is 2.36. The maximum atomic E-state index is 11.3. The monoisotopic (exact) mass is 207 g/mol. The maximum absolute atomic E-state index is 11.3. The Labute approximate surface area is 88.1 Å². The van der Waals surface area contributed by atoms with Crippen molar-refractivity contribution in [3.05, 3.63) is 35.9 Å². The summed E-state index contributed by atoms with van der Waals surface area (Å²) in [5.41, 5.74) is 1.31. The molecule has 14 heavy (non-hydrogen) atoms. The Kier molecular flexibility index (Phi) is 3.09. The molecule has 1 aromatic carbocycles. The first kappa shape index (κ1) is 9.59. The molecule has 1 atom stereocenters. The number of thioether (sulfide) groups is 1. The van der Waals surface area contributed by atoms with E-state index in [-0.39, 0.29) is 11.2 Å². The predicted octanol–water partition coefficient (Wildman–Crippen LogP) is 1.81. The lowest BCUT2D eigenvalue weighted by Crippen LogP contribution is -2.22. The Morgan fingerprint density at radius 3 is 2.79 bits per heavy atom. The molecule has 0 radical (unpaired) electrons. The minimum atomic E-state index is 0.162. The van der Waals surface area contributed by atoms with Gasteiger partial charge in [-0.3, -0.25) is 4.79 Å². The van der Waals surface area contributed by atoms with E-state index in [2.05, 4.69) is 17.4 Å². The molecule has 0 aromatic heterocycles. The van der Waals surface area contributed by atoms with Gasteiger partial charge >= 0.3 is 0 Å². The standard InChI is InChI=1S/C11H13NOS/c13-11-10(14-8-12-11)7-6-9-4-2-1-3-5-9/h1-5,10H,6-8H2,(H,12,13). The van der Waals surface area contributed by atoms with Crippen molar-refractivity contribution in [2.45, 2.75) is 18.1 Å². The van der Waals surface area contributed by atoms with E-state index in [0.29, 0.717) is 0 Å². The topological polar surface area (TPSA) is 29.1 Å². The first-order valence-corrected chi connectivity index (χ1v) is 5.84. The molecule has 1 saturated heterocycles. The number of nitrogens with one attached hydrogen (secondary N) is 1. The number of amides is 1. The minimum absolute atomic E-state index is 0.162. The molecule has 1 amide bonds. The fourth-order valence-corrected chi connectivity index (χ4v) is 2.51. The zero-order valence-electron chi connectivity index (χ0n) is 7.90. The molecule has 1 fully saturated rings. The van der Waals surface area contributed by atoms with E-state index in [1.54, 1.807) is 11.8 Å². The van der Waals surface area contributed by atoms with Gasteiger partial charge in [0.2, 0.25) is 5.91 Å². The Hall–Kier alpha value is -0.960. The van der Waals surface area contributed by atoms with Crippen LogP contribution in [0.5, 0.6) is 0 Å². The van der Waals surface area contributed by atoms with Crippen molar-refractivity contribution in [1.82, 2.24) is 5.32 Å². The van der Waals surface area contributed by atoms with Gasteiger partial charge in [-0.1, -0.05) is 30.3 Å². The molecule has 2 nitrogen and oxygen atoms in total. The number of hydrogen-bond donors (Lipinski definition) is 1. The van der Waals surface area contributed by atoms with E-state index in [0.717, 1.165) is 18.7 Å². The summed E-state index contributed by atoms with van der Waals surface area (Å²) in [7, 11) is 0. The van der Waals surface area contributed by atoms with Crippen molar-refractivity contribution in [3.63, 3.8) is 0 Å². The second kappa shape index (κ2) is 4.51. The number of carbonyl (C=O) groups excluding carboxylic acids is 1. The lowest BCUT2D eigenvalue weighted by atomic mass is 10.1. The average molecular weight is 207 g/mol. The first-order valence-electron chi connectivity index (χ1n) is 4.79. The van der Waals surface area contributed by atoms with E-state index < -0.39 is 0 Å². The lowest BCUT2D eigenvalue weighted by molar-refractivity contribution is -0.119. The van der Waals surface area contributed by atoms with Crippen molar-refractivity contribution in [2.75, 3.05) is 5.88 Å². The van der Waals surface area contributed by atoms with Gasteiger partial charge in [-0.25, -0.2) is 0 Å². The summed E-state index contributed by atoms with van der Waals surface area (Å²) in [6, 6.07) is 10.3. The molecule has 2 rings (SSSR count). The van der Waals surface area contributed by atoms with E-state index in [1.807, 2.05) is 18.2 Å². The van der Waals surface area contributed by atoms with Crippen LogP contribution < -0.4 is 5.32 Å². The molecule has 1 unspecified atom stereocenters. The van der Waals surface area contributed by atoms with Crippen LogP contribution in [0.1, 0.15) is 12.0 Å². The van der Waals surface area contributed by atoms with Gasteiger partial charge in [-0.05, 0) is 18.4 Å². The molecular formula is C11H13NOS. The second-order valence-corrected chi connectivity index (χ2v) is 4.56. The van der Waals surface area contributed by atoms with Crippen LogP contribution in [0.4, 0.5) is 0 Å². The largest absolute Gasteiger partial charge is 0.346 e. The van der Waals surface area contributed by atoms with Gasteiger partial charge in [0.1, 0.15) is 0 Å². The number of carbonyl (C=O) groups is 1. The third kappa shape index (κ3) is 2.29. The van der Waals surface area contributed by atoms with Crippen LogP contribution in [0.2, 0.25) is 0 Å². The SMILES string of the molecule is O=C1NCSC1CCc1ccccc1. The van der Waals surface area contributed by atoms with E-state index in [1.165, 1.54) is 5.56 Å². The third-order valence-corrected chi connectivity index (χ3v) is 3.52. The summed E-state index contributed by atoms with van der Waals surface area (Å²) in [6.07, 6.45) is 1.94. The molecule has 0 aliphatic carbocycles. The van der Waals surface area contributed by atoms with E-state index in [9.17, 15) is 4.79 Å². The van der Waals surface area contributed by atoms with Gasteiger partial charge in [-0.2, -0.15) is 0 Å². The molecule has 0 bridgehead atoms. The molecule has 74 valence electrons. The van der Waals surface area contributed by atoms with Gasteiger partial charge in [0.05, 0.1) is 11.1 Å².